The summed E-state index contributed by atoms with van der Waals surface area (Å²) in [6, 6.07) is 8.77. The Morgan fingerprint density at radius 2 is 1.73 bits per heavy atom. The molecule has 3 rings (SSSR count). The summed E-state index contributed by atoms with van der Waals surface area (Å²) in [5.74, 6) is 0.489. The van der Waals surface area contributed by atoms with E-state index in [0.29, 0.717) is 22.9 Å². The third-order valence-electron chi connectivity index (χ3n) is 4.58. The number of methoxy groups -OCH3 is 2. The van der Waals surface area contributed by atoms with E-state index >= 15 is 0 Å². The van der Waals surface area contributed by atoms with Gasteiger partial charge in [0.1, 0.15) is 23.4 Å². The van der Waals surface area contributed by atoms with E-state index in [9.17, 15) is 18.0 Å². The van der Waals surface area contributed by atoms with E-state index in [0.717, 1.165) is 12.1 Å². The molecule has 0 saturated carbocycles. The maximum Gasteiger partial charge on any atom is 0.417 e. The summed E-state index contributed by atoms with van der Waals surface area (Å²) < 4.78 is 52.4. The van der Waals surface area contributed by atoms with Crippen LogP contribution in [0.25, 0.3) is 0 Å². The van der Waals surface area contributed by atoms with Gasteiger partial charge in [0.15, 0.2) is 0 Å². The Balaban J connectivity index is 2.07. The van der Waals surface area contributed by atoms with E-state index in [2.05, 4.69) is 10.3 Å². The molecule has 6 nitrogen and oxygen atoms in total. The van der Waals surface area contributed by atoms with E-state index < -0.39 is 29.3 Å². The highest BCUT2D eigenvalue weighted by molar-refractivity contribution is 5.96. The normalized spacial score (nSPS) is 12.3. The Hall–Kier alpha value is -3.49. The molecule has 0 fully saturated rings. The number of nitrogens with zero attached hydrogens (tertiary/aromatic N) is 2. The van der Waals surface area contributed by atoms with Crippen molar-refractivity contribution in [3.63, 3.8) is 0 Å². The van der Waals surface area contributed by atoms with Gasteiger partial charge in [-0.1, -0.05) is 12.1 Å². The number of halogens is 3. The van der Waals surface area contributed by atoms with Crippen molar-refractivity contribution < 1.29 is 27.4 Å². The number of rotatable bonds is 6. The highest BCUT2D eigenvalue weighted by Gasteiger charge is 2.35. The van der Waals surface area contributed by atoms with Crippen LogP contribution in [0.4, 0.5) is 13.2 Å². The van der Waals surface area contributed by atoms with Gasteiger partial charge in [-0.05, 0) is 29.8 Å². The Morgan fingerprint density at radius 3 is 2.27 bits per heavy atom. The fourth-order valence-corrected chi connectivity index (χ4v) is 3.09. The van der Waals surface area contributed by atoms with Crippen molar-refractivity contribution >= 4 is 5.91 Å². The predicted octanol–water partition coefficient (Wildman–Crippen LogP) is 3.98. The molecule has 0 spiro atoms. The van der Waals surface area contributed by atoms with Crippen LogP contribution in [0.15, 0.2) is 54.9 Å². The first-order valence-corrected chi connectivity index (χ1v) is 8.92. The molecule has 30 heavy (non-hydrogen) atoms. The lowest BCUT2D eigenvalue weighted by molar-refractivity contribution is -0.137. The first-order valence-electron chi connectivity index (χ1n) is 8.92. The lowest BCUT2D eigenvalue weighted by Gasteiger charge is -2.21. The molecule has 0 aliphatic carbocycles. The van der Waals surface area contributed by atoms with Crippen LogP contribution in [-0.4, -0.2) is 29.7 Å². The zero-order valence-electron chi connectivity index (χ0n) is 16.5. The number of hydrogen-bond acceptors (Lipinski definition) is 4. The van der Waals surface area contributed by atoms with Crippen LogP contribution in [-0.2, 0) is 13.2 Å². The maximum atomic E-state index is 13.4. The maximum absolute atomic E-state index is 13.4. The zero-order chi connectivity index (χ0) is 21.9. The van der Waals surface area contributed by atoms with Gasteiger partial charge in [-0.2, -0.15) is 13.2 Å². The number of benzene rings is 2. The van der Waals surface area contributed by atoms with Crippen LogP contribution < -0.4 is 14.8 Å². The van der Waals surface area contributed by atoms with Crippen LogP contribution in [0.1, 0.15) is 33.4 Å². The molecule has 9 heteroatoms. The van der Waals surface area contributed by atoms with Gasteiger partial charge in [0, 0.05) is 25.5 Å². The van der Waals surface area contributed by atoms with E-state index in [4.69, 9.17) is 9.47 Å². The van der Waals surface area contributed by atoms with Crippen LogP contribution in [0.3, 0.4) is 0 Å². The number of aryl methyl sites for hydroxylation is 1. The average Bonchev–Trinajstić information content (AvgIpc) is 3.16. The summed E-state index contributed by atoms with van der Waals surface area (Å²) in [4.78, 5) is 17.2. The van der Waals surface area contributed by atoms with Gasteiger partial charge in [-0.15, -0.1) is 0 Å². The van der Waals surface area contributed by atoms with Crippen LogP contribution in [0.2, 0.25) is 0 Å². The molecule has 1 aromatic heterocycles. The lowest BCUT2D eigenvalue weighted by atomic mass is 10.0. The van der Waals surface area contributed by atoms with Gasteiger partial charge in [0.25, 0.3) is 5.91 Å². The minimum Gasteiger partial charge on any atom is -0.497 e. The fourth-order valence-electron chi connectivity index (χ4n) is 3.09. The summed E-state index contributed by atoms with van der Waals surface area (Å²) in [5, 5.41) is 2.67. The molecule has 1 amide bonds. The minimum atomic E-state index is -4.66. The summed E-state index contributed by atoms with van der Waals surface area (Å²) in [7, 11) is 4.68. The molecule has 0 saturated heterocycles. The number of aromatic nitrogens is 2. The quantitative estimate of drug-likeness (QED) is 0.657. The molecule has 1 atom stereocenters. The Labute approximate surface area is 171 Å². The first-order chi connectivity index (χ1) is 14.2. The van der Waals surface area contributed by atoms with Crippen molar-refractivity contribution in [3.05, 3.63) is 77.4 Å². The predicted molar refractivity (Wildman–Crippen MR) is 104 cm³/mol. The van der Waals surface area contributed by atoms with Crippen molar-refractivity contribution in [1.82, 2.24) is 14.9 Å². The Morgan fingerprint density at radius 1 is 1.10 bits per heavy atom. The summed E-state index contributed by atoms with van der Waals surface area (Å²) in [6.07, 6.45) is -1.45. The summed E-state index contributed by atoms with van der Waals surface area (Å²) in [6.45, 7) is 0. The van der Waals surface area contributed by atoms with E-state index in [1.54, 1.807) is 36.0 Å². The van der Waals surface area contributed by atoms with Crippen LogP contribution >= 0.6 is 0 Å². The molecule has 0 aliphatic rings. The summed E-state index contributed by atoms with van der Waals surface area (Å²) >= 11 is 0. The lowest BCUT2D eigenvalue weighted by Crippen LogP contribution is -2.32. The van der Waals surface area contributed by atoms with Gasteiger partial charge in [-0.3, -0.25) is 4.79 Å². The topological polar surface area (TPSA) is 65.4 Å². The highest BCUT2D eigenvalue weighted by Crippen LogP contribution is 2.33. The molecular weight excluding hydrogens is 399 g/mol. The standard InChI is InChI=1S/C21H20F3N3O3/c1-27-9-8-25-19(27)18(13-10-14(29-2)12-15(11-13)30-3)26-20(28)16-6-4-5-7-17(16)21(22,23)24/h4-12,18H,1-3H3,(H,26,28). The molecule has 1 unspecified atom stereocenters. The van der Waals surface area contributed by atoms with Crippen molar-refractivity contribution in [2.45, 2.75) is 12.2 Å². The first kappa shape index (κ1) is 21.2. The zero-order valence-corrected chi connectivity index (χ0v) is 16.5. The molecule has 0 radical (unpaired) electrons. The monoisotopic (exact) mass is 419 g/mol. The largest absolute Gasteiger partial charge is 0.497 e. The van der Waals surface area contributed by atoms with E-state index in [1.807, 2.05) is 0 Å². The molecule has 1 N–H and O–H groups in total. The molecule has 1 heterocycles. The molecule has 158 valence electrons. The van der Waals surface area contributed by atoms with E-state index in [1.165, 1.54) is 32.5 Å². The molecule has 2 aromatic carbocycles. The number of amides is 1. The average molecular weight is 419 g/mol. The van der Waals surface area contributed by atoms with Gasteiger partial charge in [0.05, 0.1) is 25.3 Å². The number of carbonyl (C=O) groups is 1. The van der Waals surface area contributed by atoms with Crippen molar-refractivity contribution in [1.29, 1.82) is 0 Å². The van der Waals surface area contributed by atoms with Crippen molar-refractivity contribution in [2.24, 2.45) is 7.05 Å². The summed E-state index contributed by atoms with van der Waals surface area (Å²) in [5.41, 5.74) is -0.943. The fraction of sp³-hybridized carbons (Fsp3) is 0.238. The number of alkyl halides is 3. The minimum absolute atomic E-state index is 0.433. The van der Waals surface area contributed by atoms with Crippen molar-refractivity contribution in [3.8, 4) is 11.5 Å². The molecule has 0 aliphatic heterocycles. The van der Waals surface area contributed by atoms with Crippen LogP contribution in [0.5, 0.6) is 11.5 Å². The van der Waals surface area contributed by atoms with Crippen LogP contribution in [0, 0.1) is 0 Å². The number of nitrogens with one attached hydrogen (secondary N) is 1. The SMILES string of the molecule is COc1cc(OC)cc(C(NC(=O)c2ccccc2C(F)(F)F)c2nccn2C)c1. The van der Waals surface area contributed by atoms with E-state index in [-0.39, 0.29) is 0 Å². The highest BCUT2D eigenvalue weighted by atomic mass is 19.4. The Bertz CT molecular complexity index is 1020. The number of carbonyl (C=O) groups excluding carboxylic acids is 1. The second kappa shape index (κ2) is 8.48. The smallest absolute Gasteiger partial charge is 0.417 e. The number of ether oxygens (including phenoxy) is 2. The number of imidazole rings is 1. The third kappa shape index (κ3) is 4.40. The third-order valence-corrected chi connectivity index (χ3v) is 4.58. The van der Waals surface area contributed by atoms with Gasteiger partial charge >= 0.3 is 6.18 Å². The number of hydrogen-bond donors (Lipinski definition) is 1. The van der Waals surface area contributed by atoms with Gasteiger partial charge in [-0.25, -0.2) is 4.98 Å². The van der Waals surface area contributed by atoms with Gasteiger partial charge in [0.2, 0.25) is 0 Å². The molecular formula is C21H20F3N3O3. The second-order valence-corrected chi connectivity index (χ2v) is 6.49. The Kier molecular flexibility index (Phi) is 6.00. The van der Waals surface area contributed by atoms with Crippen molar-refractivity contribution in [2.75, 3.05) is 14.2 Å². The van der Waals surface area contributed by atoms with Gasteiger partial charge < -0.3 is 19.4 Å². The molecule has 3 aromatic rings. The second-order valence-electron chi connectivity index (χ2n) is 6.49. The molecule has 0 bridgehead atoms.